The zero-order valence-corrected chi connectivity index (χ0v) is 15.2. The fourth-order valence-corrected chi connectivity index (χ4v) is 3.62. The Morgan fingerprint density at radius 3 is 2.36 bits per heavy atom. The maximum atomic E-state index is 13.0. The van der Waals surface area contributed by atoms with Crippen molar-refractivity contribution in [2.45, 2.75) is 24.9 Å². The second kappa shape index (κ2) is 6.91. The van der Waals surface area contributed by atoms with E-state index >= 15 is 0 Å². The minimum absolute atomic E-state index is 0.189. The van der Waals surface area contributed by atoms with E-state index in [4.69, 9.17) is 5.73 Å². The quantitative estimate of drug-likeness (QED) is 0.752. The number of carbonyl (C=O) groups is 3. The summed E-state index contributed by atoms with van der Waals surface area (Å²) in [6.07, 6.45) is 3.70. The largest absolute Gasteiger partial charge is 0.366 e. The first-order valence-electron chi connectivity index (χ1n) is 9.03. The third-order valence-corrected chi connectivity index (χ3v) is 5.25. The summed E-state index contributed by atoms with van der Waals surface area (Å²) in [5, 5.41) is 2.89. The van der Waals surface area contributed by atoms with Gasteiger partial charge in [0, 0.05) is 25.5 Å². The molecule has 0 unspecified atom stereocenters. The molecule has 0 saturated carbocycles. The van der Waals surface area contributed by atoms with Gasteiger partial charge in [-0.15, -0.1) is 0 Å². The summed E-state index contributed by atoms with van der Waals surface area (Å²) < 4.78 is 0. The standard InChI is InChI=1S/C19H20N6O3/c20-15(26)14-10-21-17(22-11-14)24-8-6-19(7-9-24)16(27)25(18(28)23-19)12-13-4-2-1-3-5-13/h1-5,10-11H,6-9,12H2,(H2,20,26)(H,23,28). The van der Waals surface area contributed by atoms with Gasteiger partial charge in [0.25, 0.3) is 11.8 Å². The van der Waals surface area contributed by atoms with E-state index in [1.807, 2.05) is 35.2 Å². The van der Waals surface area contributed by atoms with Gasteiger partial charge in [-0.3, -0.25) is 14.5 Å². The molecule has 9 heteroatoms. The van der Waals surface area contributed by atoms with Gasteiger partial charge in [-0.2, -0.15) is 0 Å². The molecule has 4 rings (SSSR count). The van der Waals surface area contributed by atoms with Crippen LogP contribution in [0.1, 0.15) is 28.8 Å². The van der Waals surface area contributed by atoms with Gasteiger partial charge in [0.15, 0.2) is 0 Å². The molecule has 2 aromatic rings. The van der Waals surface area contributed by atoms with Crippen LogP contribution in [0, 0.1) is 0 Å². The number of rotatable bonds is 4. The number of imide groups is 1. The zero-order chi connectivity index (χ0) is 19.7. The molecule has 0 bridgehead atoms. The number of hydrogen-bond acceptors (Lipinski definition) is 6. The Labute approximate surface area is 161 Å². The minimum atomic E-state index is -0.879. The molecule has 1 spiro atoms. The molecule has 3 heterocycles. The monoisotopic (exact) mass is 380 g/mol. The predicted molar refractivity (Wildman–Crippen MR) is 100 cm³/mol. The molecule has 1 aromatic heterocycles. The maximum absolute atomic E-state index is 13.0. The summed E-state index contributed by atoms with van der Waals surface area (Å²) in [5.41, 5.74) is 5.47. The molecule has 2 aliphatic rings. The predicted octanol–water partition coefficient (Wildman–Crippen LogP) is 0.666. The number of carbonyl (C=O) groups excluding carboxylic acids is 3. The number of amides is 4. The van der Waals surface area contributed by atoms with Gasteiger partial charge in [-0.25, -0.2) is 14.8 Å². The van der Waals surface area contributed by atoms with E-state index in [0.29, 0.717) is 31.9 Å². The summed E-state index contributed by atoms with van der Waals surface area (Å²) in [6.45, 7) is 1.29. The zero-order valence-electron chi connectivity index (χ0n) is 15.2. The second-order valence-corrected chi connectivity index (χ2v) is 7.01. The van der Waals surface area contributed by atoms with Crippen molar-refractivity contribution in [2.24, 2.45) is 5.73 Å². The van der Waals surface area contributed by atoms with Crippen LogP contribution < -0.4 is 16.0 Å². The van der Waals surface area contributed by atoms with Crippen LogP contribution in [0.2, 0.25) is 0 Å². The van der Waals surface area contributed by atoms with Crippen LogP contribution in [0.25, 0.3) is 0 Å². The minimum Gasteiger partial charge on any atom is -0.366 e. The smallest absolute Gasteiger partial charge is 0.325 e. The highest BCUT2D eigenvalue weighted by Gasteiger charge is 2.52. The molecule has 3 N–H and O–H groups in total. The van der Waals surface area contributed by atoms with Crippen molar-refractivity contribution >= 4 is 23.8 Å². The lowest BCUT2D eigenvalue weighted by Crippen LogP contribution is -2.55. The summed E-state index contributed by atoms with van der Waals surface area (Å²) >= 11 is 0. The Morgan fingerprint density at radius 1 is 1.11 bits per heavy atom. The Bertz CT molecular complexity index is 907. The molecule has 2 fully saturated rings. The molecule has 144 valence electrons. The van der Waals surface area contributed by atoms with E-state index in [9.17, 15) is 14.4 Å². The van der Waals surface area contributed by atoms with E-state index in [-0.39, 0.29) is 24.0 Å². The van der Waals surface area contributed by atoms with Gasteiger partial charge in [0.2, 0.25) is 5.95 Å². The normalized spacial score (nSPS) is 18.4. The highest BCUT2D eigenvalue weighted by Crippen LogP contribution is 2.31. The highest BCUT2D eigenvalue weighted by molar-refractivity contribution is 6.07. The lowest BCUT2D eigenvalue weighted by molar-refractivity contribution is -0.132. The second-order valence-electron chi connectivity index (χ2n) is 7.01. The number of aromatic nitrogens is 2. The highest BCUT2D eigenvalue weighted by atomic mass is 16.2. The SMILES string of the molecule is NC(=O)c1cnc(N2CCC3(CC2)NC(=O)N(Cc2ccccc2)C3=O)nc1. The summed E-state index contributed by atoms with van der Waals surface area (Å²) in [5.74, 6) is -0.300. The van der Waals surface area contributed by atoms with E-state index in [2.05, 4.69) is 15.3 Å². The van der Waals surface area contributed by atoms with Crippen molar-refractivity contribution in [3.05, 3.63) is 53.9 Å². The van der Waals surface area contributed by atoms with Crippen molar-refractivity contribution < 1.29 is 14.4 Å². The molecule has 0 aliphatic carbocycles. The van der Waals surface area contributed by atoms with Gasteiger partial charge >= 0.3 is 6.03 Å². The van der Waals surface area contributed by atoms with Crippen LogP contribution in [0.5, 0.6) is 0 Å². The molecule has 0 radical (unpaired) electrons. The van der Waals surface area contributed by atoms with Crippen molar-refractivity contribution in [1.29, 1.82) is 0 Å². The van der Waals surface area contributed by atoms with Crippen molar-refractivity contribution in [3.63, 3.8) is 0 Å². The average Bonchev–Trinajstić information content (AvgIpc) is 2.93. The summed E-state index contributed by atoms with van der Waals surface area (Å²) in [7, 11) is 0. The Hall–Kier alpha value is -3.49. The maximum Gasteiger partial charge on any atom is 0.325 e. The average molecular weight is 380 g/mol. The van der Waals surface area contributed by atoms with Crippen LogP contribution in [0.4, 0.5) is 10.7 Å². The molecule has 2 aliphatic heterocycles. The summed E-state index contributed by atoms with van der Waals surface area (Å²) in [6, 6.07) is 9.08. The van der Waals surface area contributed by atoms with Gasteiger partial charge in [-0.05, 0) is 18.4 Å². The van der Waals surface area contributed by atoms with Crippen LogP contribution in [0.15, 0.2) is 42.7 Å². The summed E-state index contributed by atoms with van der Waals surface area (Å²) in [4.78, 5) is 48.1. The Kier molecular flexibility index (Phi) is 4.42. The van der Waals surface area contributed by atoms with Crippen LogP contribution >= 0.6 is 0 Å². The molecular formula is C19H20N6O3. The van der Waals surface area contributed by atoms with Crippen molar-refractivity contribution in [2.75, 3.05) is 18.0 Å². The molecule has 1 aromatic carbocycles. The van der Waals surface area contributed by atoms with Crippen molar-refractivity contribution in [3.8, 4) is 0 Å². The molecule has 4 amide bonds. The number of piperidine rings is 1. The number of nitrogens with two attached hydrogens (primary N) is 1. The first-order chi connectivity index (χ1) is 13.5. The number of nitrogens with zero attached hydrogens (tertiary/aromatic N) is 4. The fraction of sp³-hybridized carbons (Fsp3) is 0.316. The van der Waals surface area contributed by atoms with E-state index in [0.717, 1.165) is 5.56 Å². The number of benzene rings is 1. The van der Waals surface area contributed by atoms with Crippen LogP contribution in [0.3, 0.4) is 0 Å². The fourth-order valence-electron chi connectivity index (χ4n) is 3.62. The lowest BCUT2D eigenvalue weighted by atomic mass is 9.87. The van der Waals surface area contributed by atoms with Gasteiger partial charge in [0.05, 0.1) is 12.1 Å². The Morgan fingerprint density at radius 2 is 1.75 bits per heavy atom. The molecule has 0 atom stereocenters. The third-order valence-electron chi connectivity index (χ3n) is 5.25. The van der Waals surface area contributed by atoms with Crippen molar-refractivity contribution in [1.82, 2.24) is 20.2 Å². The molecule has 28 heavy (non-hydrogen) atoms. The van der Waals surface area contributed by atoms with Gasteiger partial charge < -0.3 is 16.0 Å². The van der Waals surface area contributed by atoms with Crippen LogP contribution in [-0.2, 0) is 11.3 Å². The third kappa shape index (κ3) is 3.15. The number of primary amides is 1. The van der Waals surface area contributed by atoms with E-state index < -0.39 is 11.4 Å². The van der Waals surface area contributed by atoms with E-state index in [1.165, 1.54) is 17.3 Å². The molecule has 9 nitrogen and oxygen atoms in total. The van der Waals surface area contributed by atoms with Gasteiger partial charge in [0.1, 0.15) is 5.54 Å². The topological polar surface area (TPSA) is 122 Å². The first-order valence-corrected chi connectivity index (χ1v) is 9.03. The number of urea groups is 1. The molecular weight excluding hydrogens is 360 g/mol. The van der Waals surface area contributed by atoms with Crippen LogP contribution in [-0.4, -0.2) is 51.3 Å². The number of anilines is 1. The Balaban J connectivity index is 1.44. The molecule has 2 saturated heterocycles. The van der Waals surface area contributed by atoms with E-state index in [1.54, 1.807) is 0 Å². The number of hydrogen-bond donors (Lipinski definition) is 2. The van der Waals surface area contributed by atoms with Gasteiger partial charge in [-0.1, -0.05) is 30.3 Å². The number of nitrogens with one attached hydrogen (secondary N) is 1. The lowest BCUT2D eigenvalue weighted by Gasteiger charge is -2.37. The first kappa shape index (κ1) is 17.9.